The number of ether oxygens (including phenoxy) is 1. The second-order valence-corrected chi connectivity index (χ2v) is 5.99. The van der Waals surface area contributed by atoms with E-state index in [1.165, 1.54) is 17.7 Å². The van der Waals surface area contributed by atoms with Crippen molar-refractivity contribution in [2.45, 2.75) is 53.0 Å². The van der Waals surface area contributed by atoms with Crippen LogP contribution in [0.1, 0.15) is 43.6 Å². The molecular weight excluding hydrogens is 417 g/mol. The molecule has 1 atom stereocenters. The zero-order valence-corrected chi connectivity index (χ0v) is 18.3. The fourth-order valence-corrected chi connectivity index (χ4v) is 2.49. The predicted octanol–water partition coefficient (Wildman–Crippen LogP) is 2.57. The summed E-state index contributed by atoms with van der Waals surface area (Å²) in [5, 5.41) is 11.2. The number of unbranched alkanes of at least 4 members (excludes halogenated alkanes) is 1. The molecule has 0 aliphatic heterocycles. The Morgan fingerprint density at radius 1 is 1.33 bits per heavy atom. The summed E-state index contributed by atoms with van der Waals surface area (Å²) in [5.41, 5.74) is 3.64. The van der Waals surface area contributed by atoms with Crippen molar-refractivity contribution < 1.29 is 4.74 Å². The monoisotopic (exact) mass is 451 g/mol. The molecule has 7 heteroatoms. The fourth-order valence-electron chi connectivity index (χ4n) is 2.49. The van der Waals surface area contributed by atoms with Crippen LogP contribution in [0.3, 0.4) is 0 Å². The van der Waals surface area contributed by atoms with Gasteiger partial charge in [-0.25, -0.2) is 0 Å². The van der Waals surface area contributed by atoms with Crippen LogP contribution in [0.25, 0.3) is 0 Å². The van der Waals surface area contributed by atoms with Crippen LogP contribution in [0.5, 0.6) is 0 Å². The standard InChI is InChI=1S/C17H33N5O.HI/c1-7-8-10-23-11-9-19-17(18-5)20-13(2)12-16-14(3)21-22(6)15(16)4;/h13H,7-12H2,1-6H3,(H2,18,19,20);1H. The Bertz CT molecular complexity index is 501. The Morgan fingerprint density at radius 3 is 2.58 bits per heavy atom. The van der Waals surface area contributed by atoms with Crippen LogP contribution in [-0.2, 0) is 18.2 Å². The minimum absolute atomic E-state index is 0. The highest BCUT2D eigenvalue weighted by Crippen LogP contribution is 2.13. The van der Waals surface area contributed by atoms with E-state index in [2.05, 4.69) is 48.4 Å². The first-order chi connectivity index (χ1) is 11.0. The average Bonchev–Trinajstić information content (AvgIpc) is 2.76. The Kier molecular flexibility index (Phi) is 12.1. The molecule has 0 saturated carbocycles. The van der Waals surface area contributed by atoms with Gasteiger partial charge in [-0.05, 0) is 39.2 Å². The molecule has 0 radical (unpaired) electrons. The molecule has 1 rings (SSSR count). The molecule has 0 aliphatic rings. The van der Waals surface area contributed by atoms with Crippen LogP contribution in [0.2, 0.25) is 0 Å². The van der Waals surface area contributed by atoms with Gasteiger partial charge in [-0.1, -0.05) is 13.3 Å². The van der Waals surface area contributed by atoms with E-state index in [0.29, 0.717) is 6.61 Å². The van der Waals surface area contributed by atoms with Gasteiger partial charge in [-0.2, -0.15) is 5.10 Å². The van der Waals surface area contributed by atoms with Crippen LogP contribution in [-0.4, -0.2) is 48.6 Å². The Balaban J connectivity index is 0.00000529. The molecule has 0 bridgehead atoms. The molecular formula is C17H34IN5O. The van der Waals surface area contributed by atoms with Crippen LogP contribution in [0.4, 0.5) is 0 Å². The minimum Gasteiger partial charge on any atom is -0.380 e. The predicted molar refractivity (Wildman–Crippen MR) is 111 cm³/mol. The lowest BCUT2D eigenvalue weighted by molar-refractivity contribution is 0.136. The van der Waals surface area contributed by atoms with Crippen molar-refractivity contribution in [3.8, 4) is 0 Å². The number of nitrogens with one attached hydrogen (secondary N) is 2. The van der Waals surface area contributed by atoms with E-state index >= 15 is 0 Å². The van der Waals surface area contributed by atoms with E-state index in [1.807, 2.05) is 11.7 Å². The topological polar surface area (TPSA) is 63.5 Å². The van der Waals surface area contributed by atoms with Gasteiger partial charge in [0.2, 0.25) is 0 Å². The Hall–Kier alpha value is -0.830. The normalized spacial score (nSPS) is 12.7. The summed E-state index contributed by atoms with van der Waals surface area (Å²) < 4.78 is 7.49. The van der Waals surface area contributed by atoms with E-state index in [1.54, 1.807) is 7.05 Å². The van der Waals surface area contributed by atoms with Crippen molar-refractivity contribution in [1.82, 2.24) is 20.4 Å². The van der Waals surface area contributed by atoms with E-state index in [4.69, 9.17) is 4.74 Å². The summed E-state index contributed by atoms with van der Waals surface area (Å²) in [7, 11) is 3.78. The number of guanidine groups is 1. The average molecular weight is 451 g/mol. The highest BCUT2D eigenvalue weighted by molar-refractivity contribution is 14.0. The first-order valence-corrected chi connectivity index (χ1v) is 8.53. The lowest BCUT2D eigenvalue weighted by Gasteiger charge is -2.18. The summed E-state index contributed by atoms with van der Waals surface area (Å²) in [5.74, 6) is 0.816. The number of hydrogen-bond donors (Lipinski definition) is 2. The van der Waals surface area contributed by atoms with E-state index < -0.39 is 0 Å². The number of halogens is 1. The van der Waals surface area contributed by atoms with Crippen molar-refractivity contribution >= 4 is 29.9 Å². The first-order valence-electron chi connectivity index (χ1n) is 8.53. The second-order valence-electron chi connectivity index (χ2n) is 5.99. The zero-order valence-electron chi connectivity index (χ0n) is 16.0. The van der Waals surface area contributed by atoms with Crippen molar-refractivity contribution in [2.24, 2.45) is 12.0 Å². The van der Waals surface area contributed by atoms with Crippen molar-refractivity contribution in [2.75, 3.05) is 26.8 Å². The van der Waals surface area contributed by atoms with E-state index in [9.17, 15) is 0 Å². The van der Waals surface area contributed by atoms with Crippen molar-refractivity contribution in [3.63, 3.8) is 0 Å². The smallest absolute Gasteiger partial charge is 0.191 e. The third-order valence-electron chi connectivity index (χ3n) is 3.96. The summed E-state index contributed by atoms with van der Waals surface area (Å²) in [6, 6.07) is 0.281. The van der Waals surface area contributed by atoms with Gasteiger partial charge in [0.05, 0.1) is 12.3 Å². The highest BCUT2D eigenvalue weighted by Gasteiger charge is 2.13. The first kappa shape index (κ1) is 23.2. The summed E-state index contributed by atoms with van der Waals surface area (Å²) in [6.07, 6.45) is 3.22. The molecule has 1 unspecified atom stereocenters. The molecule has 6 nitrogen and oxygen atoms in total. The maximum Gasteiger partial charge on any atom is 0.191 e. The molecule has 0 spiro atoms. The summed E-state index contributed by atoms with van der Waals surface area (Å²) in [4.78, 5) is 4.27. The molecule has 0 fully saturated rings. The molecule has 2 N–H and O–H groups in total. The summed E-state index contributed by atoms with van der Waals surface area (Å²) >= 11 is 0. The Labute approximate surface area is 163 Å². The van der Waals surface area contributed by atoms with Gasteiger partial charge in [0, 0.05) is 39.0 Å². The van der Waals surface area contributed by atoms with Gasteiger partial charge in [0.25, 0.3) is 0 Å². The molecule has 24 heavy (non-hydrogen) atoms. The molecule has 140 valence electrons. The maximum absolute atomic E-state index is 5.55. The minimum atomic E-state index is 0. The molecule has 0 aliphatic carbocycles. The number of rotatable bonds is 9. The molecule has 1 aromatic rings. The van der Waals surface area contributed by atoms with Gasteiger partial charge in [-0.15, -0.1) is 24.0 Å². The quantitative estimate of drug-likeness (QED) is 0.262. The van der Waals surface area contributed by atoms with E-state index in [0.717, 1.165) is 37.6 Å². The third-order valence-corrected chi connectivity index (χ3v) is 3.96. The summed E-state index contributed by atoms with van der Waals surface area (Å²) in [6.45, 7) is 10.8. The number of aliphatic imine (C=N–C) groups is 1. The molecule has 0 amide bonds. The van der Waals surface area contributed by atoms with Crippen molar-refractivity contribution in [1.29, 1.82) is 0 Å². The molecule has 0 saturated heterocycles. The number of aryl methyl sites for hydroxylation is 2. The SMILES string of the molecule is CCCCOCCNC(=NC)NC(C)Cc1c(C)nn(C)c1C.I. The molecule has 0 aromatic carbocycles. The number of aromatic nitrogens is 2. The third kappa shape index (κ3) is 7.83. The van der Waals surface area contributed by atoms with Gasteiger partial charge in [-0.3, -0.25) is 9.67 Å². The number of nitrogens with zero attached hydrogens (tertiary/aromatic N) is 3. The van der Waals surface area contributed by atoms with Crippen molar-refractivity contribution in [3.05, 3.63) is 17.0 Å². The Morgan fingerprint density at radius 2 is 2.04 bits per heavy atom. The number of hydrogen-bond acceptors (Lipinski definition) is 3. The lowest BCUT2D eigenvalue weighted by Crippen LogP contribution is -2.44. The van der Waals surface area contributed by atoms with Gasteiger partial charge in [0.15, 0.2) is 5.96 Å². The lowest BCUT2D eigenvalue weighted by atomic mass is 10.1. The highest BCUT2D eigenvalue weighted by atomic mass is 127. The van der Waals surface area contributed by atoms with E-state index in [-0.39, 0.29) is 30.0 Å². The largest absolute Gasteiger partial charge is 0.380 e. The zero-order chi connectivity index (χ0) is 17.2. The van der Waals surface area contributed by atoms with Crippen LogP contribution >= 0.6 is 24.0 Å². The molecule has 1 heterocycles. The van der Waals surface area contributed by atoms with Crippen LogP contribution in [0.15, 0.2) is 4.99 Å². The fraction of sp³-hybridized carbons (Fsp3) is 0.765. The van der Waals surface area contributed by atoms with Gasteiger partial charge < -0.3 is 15.4 Å². The van der Waals surface area contributed by atoms with Gasteiger partial charge >= 0.3 is 0 Å². The second kappa shape index (κ2) is 12.5. The van der Waals surface area contributed by atoms with Gasteiger partial charge in [0.1, 0.15) is 0 Å². The molecule has 1 aromatic heterocycles. The van der Waals surface area contributed by atoms with Crippen LogP contribution < -0.4 is 10.6 Å². The maximum atomic E-state index is 5.55. The van der Waals surface area contributed by atoms with Crippen LogP contribution in [0, 0.1) is 13.8 Å².